The molecule has 194 valence electrons. The van der Waals surface area contributed by atoms with Crippen molar-refractivity contribution in [1.82, 2.24) is 4.90 Å². The number of hydrogen-bond donors (Lipinski definition) is 2. The summed E-state index contributed by atoms with van der Waals surface area (Å²) in [5.74, 6) is -5.40. The van der Waals surface area contributed by atoms with E-state index in [1.807, 2.05) is 13.8 Å². The van der Waals surface area contributed by atoms with E-state index in [1.165, 1.54) is 0 Å². The summed E-state index contributed by atoms with van der Waals surface area (Å²) in [5, 5.41) is 11.5. The summed E-state index contributed by atoms with van der Waals surface area (Å²) in [4.78, 5) is 28.6. The maximum absolute atomic E-state index is 14.8. The molecule has 3 N–H and O–H groups in total. The van der Waals surface area contributed by atoms with Gasteiger partial charge in [-0.2, -0.15) is 13.2 Å². The number of carbonyl (C=O) groups is 2. The van der Waals surface area contributed by atoms with Crippen LogP contribution in [0.1, 0.15) is 53.7 Å². The number of hydrogen-bond acceptors (Lipinski definition) is 4. The van der Waals surface area contributed by atoms with Gasteiger partial charge in [0.25, 0.3) is 5.91 Å². The predicted octanol–water partition coefficient (Wildman–Crippen LogP) is 3.79. The van der Waals surface area contributed by atoms with Crippen molar-refractivity contribution in [1.29, 1.82) is 0 Å². The molecule has 1 unspecified atom stereocenters. The van der Waals surface area contributed by atoms with E-state index in [9.17, 15) is 36.6 Å². The molecule has 0 aromatic heterocycles. The molecule has 0 radical (unpaired) electrons. The van der Waals surface area contributed by atoms with E-state index in [1.54, 1.807) is 0 Å². The van der Waals surface area contributed by atoms with E-state index in [0.29, 0.717) is 18.9 Å². The molecule has 6 nitrogen and oxygen atoms in total. The summed E-state index contributed by atoms with van der Waals surface area (Å²) in [7, 11) is 0. The van der Waals surface area contributed by atoms with Crippen LogP contribution >= 0.6 is 0 Å². The first kappa shape index (κ1) is 26.0. The van der Waals surface area contributed by atoms with E-state index < -0.39 is 63.2 Å². The molecule has 2 amide bonds. The highest BCUT2D eigenvalue weighted by Gasteiger charge is 2.58. The SMILES string of the molecule is CCN(CC)C1CC(CN2C(=O)C(O)(c3c(F)cccc3F)c3c2cc(C(N)=O)cc3C(F)(F)F)C1. The third-order valence-corrected chi connectivity index (χ3v) is 7.22. The predicted molar refractivity (Wildman–Crippen MR) is 121 cm³/mol. The lowest BCUT2D eigenvalue weighted by Crippen LogP contribution is -2.50. The molecule has 0 bridgehead atoms. The van der Waals surface area contributed by atoms with Crippen molar-refractivity contribution in [2.75, 3.05) is 24.5 Å². The summed E-state index contributed by atoms with van der Waals surface area (Å²) in [6.45, 7) is 5.53. The quantitative estimate of drug-likeness (QED) is 0.554. The minimum absolute atomic E-state index is 0.0957. The normalized spacial score (nSPS) is 23.7. The van der Waals surface area contributed by atoms with Crippen molar-refractivity contribution >= 4 is 17.5 Å². The molecule has 2 aromatic carbocycles. The first-order chi connectivity index (χ1) is 16.8. The average molecular weight is 511 g/mol. The topological polar surface area (TPSA) is 86.9 Å². The molecular weight excluding hydrogens is 485 g/mol. The Kier molecular flexibility index (Phi) is 6.59. The molecule has 1 aliphatic carbocycles. The minimum Gasteiger partial charge on any atom is -0.371 e. The van der Waals surface area contributed by atoms with Crippen molar-refractivity contribution in [3.8, 4) is 0 Å². The van der Waals surface area contributed by atoms with Gasteiger partial charge in [0.1, 0.15) is 11.6 Å². The Hall–Kier alpha value is -3.05. The zero-order chi connectivity index (χ0) is 26.6. The van der Waals surface area contributed by atoms with Gasteiger partial charge in [0.05, 0.1) is 16.8 Å². The summed E-state index contributed by atoms with van der Waals surface area (Å²) >= 11 is 0. The second kappa shape index (κ2) is 9.11. The van der Waals surface area contributed by atoms with E-state index >= 15 is 0 Å². The summed E-state index contributed by atoms with van der Waals surface area (Å²) in [6.07, 6.45) is -3.88. The summed E-state index contributed by atoms with van der Waals surface area (Å²) in [6, 6.07) is 4.05. The molecule has 36 heavy (non-hydrogen) atoms. The molecular formula is C25H26F5N3O3. The average Bonchev–Trinajstić information content (AvgIpc) is 2.98. The fraction of sp³-hybridized carbons (Fsp3) is 0.440. The van der Waals surface area contributed by atoms with Crippen LogP contribution in [0.4, 0.5) is 27.6 Å². The minimum atomic E-state index is -5.17. The number of rotatable bonds is 7. The van der Waals surface area contributed by atoms with Crippen LogP contribution in [0.3, 0.4) is 0 Å². The second-order valence-electron chi connectivity index (χ2n) is 9.22. The number of halogens is 5. The molecule has 2 aromatic rings. The smallest absolute Gasteiger partial charge is 0.371 e. The molecule has 2 aliphatic rings. The highest BCUT2D eigenvalue weighted by atomic mass is 19.4. The molecule has 1 fully saturated rings. The number of aliphatic hydroxyl groups is 1. The van der Waals surface area contributed by atoms with Crippen molar-refractivity contribution in [3.63, 3.8) is 0 Å². The fourth-order valence-electron chi connectivity index (χ4n) is 5.40. The number of benzene rings is 2. The van der Waals surface area contributed by atoms with Gasteiger partial charge in [0.2, 0.25) is 11.5 Å². The summed E-state index contributed by atoms with van der Waals surface area (Å²) < 4.78 is 72.1. The van der Waals surface area contributed by atoms with Gasteiger partial charge in [0, 0.05) is 23.7 Å². The van der Waals surface area contributed by atoms with Crippen molar-refractivity contribution in [3.05, 3.63) is 64.2 Å². The molecule has 1 heterocycles. The number of fused-ring (bicyclic) bond motifs is 1. The highest BCUT2D eigenvalue weighted by Crippen LogP contribution is 2.52. The molecule has 11 heteroatoms. The van der Waals surface area contributed by atoms with Crippen LogP contribution in [-0.2, 0) is 16.6 Å². The van der Waals surface area contributed by atoms with Crippen LogP contribution in [0.2, 0.25) is 0 Å². The Morgan fingerprint density at radius 3 is 2.22 bits per heavy atom. The first-order valence-corrected chi connectivity index (χ1v) is 11.6. The number of nitrogens with zero attached hydrogens (tertiary/aromatic N) is 2. The summed E-state index contributed by atoms with van der Waals surface area (Å²) in [5.41, 5.74) is -2.83. The number of primary amides is 1. The number of anilines is 1. The van der Waals surface area contributed by atoms with E-state index in [4.69, 9.17) is 5.73 Å². The zero-order valence-corrected chi connectivity index (χ0v) is 19.7. The van der Waals surface area contributed by atoms with Gasteiger partial charge in [-0.3, -0.25) is 9.59 Å². The zero-order valence-electron chi connectivity index (χ0n) is 19.7. The van der Waals surface area contributed by atoms with Crippen LogP contribution in [-0.4, -0.2) is 47.5 Å². The maximum Gasteiger partial charge on any atom is 0.416 e. The maximum atomic E-state index is 14.8. The van der Waals surface area contributed by atoms with Gasteiger partial charge in [-0.1, -0.05) is 19.9 Å². The van der Waals surface area contributed by atoms with Gasteiger partial charge in [-0.05, 0) is 56.1 Å². The van der Waals surface area contributed by atoms with Crippen LogP contribution in [0.5, 0.6) is 0 Å². The van der Waals surface area contributed by atoms with Crippen molar-refractivity contribution in [2.24, 2.45) is 11.7 Å². The lowest BCUT2D eigenvalue weighted by atomic mass is 9.78. The van der Waals surface area contributed by atoms with Gasteiger partial charge in [-0.25, -0.2) is 8.78 Å². The monoisotopic (exact) mass is 511 g/mol. The molecule has 1 atom stereocenters. The standard InChI is InChI=1S/C25H26F5N3O3/c1-3-32(4-2)15-8-13(9-15)12-33-19-11-14(22(31)34)10-16(25(28,29)30)20(19)24(36,23(33)35)21-17(26)6-5-7-18(21)27/h5-7,10-11,13,15,36H,3-4,8-9,12H2,1-2H3,(H2,31,34). The number of alkyl halides is 3. The first-order valence-electron chi connectivity index (χ1n) is 11.6. The van der Waals surface area contributed by atoms with E-state index in [0.717, 1.165) is 42.3 Å². The van der Waals surface area contributed by atoms with Crippen LogP contribution in [0.25, 0.3) is 0 Å². The largest absolute Gasteiger partial charge is 0.416 e. The Morgan fingerprint density at radius 2 is 1.72 bits per heavy atom. The Morgan fingerprint density at radius 1 is 1.14 bits per heavy atom. The number of nitrogens with two attached hydrogens (primary N) is 1. The van der Waals surface area contributed by atoms with Crippen molar-refractivity contribution < 1.29 is 36.6 Å². The van der Waals surface area contributed by atoms with Crippen LogP contribution in [0.15, 0.2) is 30.3 Å². The van der Waals surface area contributed by atoms with E-state index in [-0.39, 0.29) is 18.5 Å². The highest BCUT2D eigenvalue weighted by molar-refractivity contribution is 6.11. The van der Waals surface area contributed by atoms with Crippen molar-refractivity contribution in [2.45, 2.75) is 44.5 Å². The number of carbonyl (C=O) groups excluding carboxylic acids is 2. The van der Waals surface area contributed by atoms with Gasteiger partial charge < -0.3 is 20.6 Å². The number of amides is 2. The lowest BCUT2D eigenvalue weighted by molar-refractivity contribution is -0.142. The second-order valence-corrected chi connectivity index (χ2v) is 9.22. The van der Waals surface area contributed by atoms with Gasteiger partial charge >= 0.3 is 6.18 Å². The third kappa shape index (κ3) is 4.03. The van der Waals surface area contributed by atoms with Gasteiger partial charge in [0.15, 0.2) is 0 Å². The molecule has 0 spiro atoms. The lowest BCUT2D eigenvalue weighted by Gasteiger charge is -2.43. The van der Waals surface area contributed by atoms with E-state index in [2.05, 4.69) is 4.90 Å². The third-order valence-electron chi connectivity index (χ3n) is 7.22. The Bertz CT molecular complexity index is 1190. The Balaban J connectivity index is 1.88. The Labute approximate surface area is 204 Å². The van der Waals surface area contributed by atoms with Crippen LogP contribution in [0, 0.1) is 17.6 Å². The molecule has 1 aliphatic heterocycles. The fourth-order valence-corrected chi connectivity index (χ4v) is 5.40. The molecule has 0 saturated heterocycles. The molecule has 1 saturated carbocycles. The van der Waals surface area contributed by atoms with Gasteiger partial charge in [-0.15, -0.1) is 0 Å². The van der Waals surface area contributed by atoms with Crippen LogP contribution < -0.4 is 10.6 Å². The molecule has 4 rings (SSSR count).